The molecule has 3 nitrogen and oxygen atoms in total. The van der Waals surface area contributed by atoms with E-state index in [1.807, 2.05) is 38.2 Å². The zero-order valence-corrected chi connectivity index (χ0v) is 8.24. The van der Waals surface area contributed by atoms with Gasteiger partial charge in [-0.2, -0.15) is 0 Å². The van der Waals surface area contributed by atoms with Crippen molar-refractivity contribution in [1.29, 1.82) is 0 Å². The maximum Gasteiger partial charge on any atom is 0.262 e. The summed E-state index contributed by atoms with van der Waals surface area (Å²) >= 11 is 0. The van der Waals surface area contributed by atoms with Crippen molar-refractivity contribution in [3.63, 3.8) is 0 Å². The number of anilines is 1. The van der Waals surface area contributed by atoms with Crippen molar-refractivity contribution in [3.8, 4) is 0 Å². The van der Waals surface area contributed by atoms with Crippen molar-refractivity contribution in [2.45, 2.75) is 6.92 Å². The fourth-order valence-electron chi connectivity index (χ4n) is 1.63. The van der Waals surface area contributed by atoms with Crippen LogP contribution in [0.3, 0.4) is 0 Å². The lowest BCUT2D eigenvalue weighted by Crippen LogP contribution is -2.37. The quantitative estimate of drug-likeness (QED) is 0.670. The van der Waals surface area contributed by atoms with E-state index in [-0.39, 0.29) is 5.91 Å². The molecule has 0 fully saturated rings. The van der Waals surface area contributed by atoms with Crippen molar-refractivity contribution < 1.29 is 4.79 Å². The van der Waals surface area contributed by atoms with Gasteiger partial charge in [-0.05, 0) is 18.6 Å². The lowest BCUT2D eigenvalue weighted by Gasteiger charge is -2.19. The van der Waals surface area contributed by atoms with Gasteiger partial charge in [-0.3, -0.25) is 15.2 Å². The Morgan fingerprint density at radius 1 is 1.29 bits per heavy atom. The van der Waals surface area contributed by atoms with Crippen molar-refractivity contribution >= 4 is 17.2 Å². The molecule has 0 saturated heterocycles. The van der Waals surface area contributed by atoms with Crippen LogP contribution in [0.2, 0.25) is 0 Å². The van der Waals surface area contributed by atoms with Gasteiger partial charge < -0.3 is 0 Å². The number of carbonyl (C=O) groups excluding carboxylic acids is 1. The Balaban J connectivity index is 2.59. The van der Waals surface area contributed by atoms with Gasteiger partial charge in [0.05, 0.1) is 5.69 Å². The third-order valence-corrected chi connectivity index (χ3v) is 2.32. The standard InChI is InChI=1S/C11H12N2O/c1-8-7-11(14)12-13(2)10-6-4-3-5-9(8)10/h3-7H,1-2H3,(H,12,14). The topological polar surface area (TPSA) is 32.3 Å². The zero-order valence-electron chi connectivity index (χ0n) is 8.24. The first kappa shape index (κ1) is 8.81. The summed E-state index contributed by atoms with van der Waals surface area (Å²) in [5.74, 6) is -0.0822. The van der Waals surface area contributed by atoms with Gasteiger partial charge in [0.15, 0.2) is 0 Å². The van der Waals surface area contributed by atoms with E-state index in [4.69, 9.17) is 0 Å². The van der Waals surface area contributed by atoms with Crippen LogP contribution in [0.1, 0.15) is 12.5 Å². The zero-order chi connectivity index (χ0) is 10.1. The second kappa shape index (κ2) is 3.18. The molecule has 1 aliphatic rings. The van der Waals surface area contributed by atoms with Gasteiger partial charge in [-0.25, -0.2) is 0 Å². The number of allylic oxidation sites excluding steroid dienone is 1. The van der Waals surface area contributed by atoms with Crippen molar-refractivity contribution in [3.05, 3.63) is 35.9 Å². The van der Waals surface area contributed by atoms with E-state index in [1.165, 1.54) is 0 Å². The van der Waals surface area contributed by atoms with E-state index in [9.17, 15) is 4.79 Å². The summed E-state index contributed by atoms with van der Waals surface area (Å²) < 4.78 is 0. The number of hydrogen-bond acceptors (Lipinski definition) is 2. The average molecular weight is 188 g/mol. The number of hydrazine groups is 1. The van der Waals surface area contributed by atoms with E-state index in [1.54, 1.807) is 11.1 Å². The monoisotopic (exact) mass is 188 g/mol. The fourth-order valence-corrected chi connectivity index (χ4v) is 1.63. The number of nitrogens with one attached hydrogen (secondary N) is 1. The van der Waals surface area contributed by atoms with Gasteiger partial charge in [0.1, 0.15) is 0 Å². The summed E-state index contributed by atoms with van der Waals surface area (Å²) in [4.78, 5) is 11.3. The maximum atomic E-state index is 11.3. The van der Waals surface area contributed by atoms with Crippen LogP contribution < -0.4 is 10.4 Å². The third-order valence-electron chi connectivity index (χ3n) is 2.32. The van der Waals surface area contributed by atoms with Gasteiger partial charge in [0, 0.05) is 18.7 Å². The first-order chi connectivity index (χ1) is 6.68. The number of nitrogens with zero attached hydrogens (tertiary/aromatic N) is 1. The molecule has 0 aliphatic carbocycles. The molecule has 0 bridgehead atoms. The molecule has 0 radical (unpaired) electrons. The molecule has 72 valence electrons. The van der Waals surface area contributed by atoms with Crippen LogP contribution in [0.4, 0.5) is 5.69 Å². The number of fused-ring (bicyclic) bond motifs is 1. The molecule has 1 amide bonds. The number of hydrogen-bond donors (Lipinski definition) is 1. The number of benzene rings is 1. The smallest absolute Gasteiger partial charge is 0.262 e. The molecule has 14 heavy (non-hydrogen) atoms. The van der Waals surface area contributed by atoms with Crippen LogP contribution in [0.15, 0.2) is 30.3 Å². The minimum Gasteiger partial charge on any atom is -0.288 e. The molecule has 0 atom stereocenters. The molecule has 0 aromatic heterocycles. The molecule has 1 aromatic rings. The van der Waals surface area contributed by atoms with Crippen LogP contribution >= 0.6 is 0 Å². The minimum atomic E-state index is -0.0822. The highest BCUT2D eigenvalue weighted by Crippen LogP contribution is 2.26. The first-order valence-electron chi connectivity index (χ1n) is 4.50. The Morgan fingerprint density at radius 2 is 2.00 bits per heavy atom. The molecular formula is C11H12N2O. The molecule has 2 rings (SSSR count). The number of carbonyl (C=O) groups is 1. The molecule has 0 saturated carbocycles. The fraction of sp³-hybridized carbons (Fsp3) is 0.182. The van der Waals surface area contributed by atoms with Gasteiger partial charge in [0.25, 0.3) is 5.91 Å². The molecule has 1 heterocycles. The highest BCUT2D eigenvalue weighted by atomic mass is 16.2. The second-order valence-corrected chi connectivity index (χ2v) is 3.38. The first-order valence-corrected chi connectivity index (χ1v) is 4.50. The second-order valence-electron chi connectivity index (χ2n) is 3.38. The largest absolute Gasteiger partial charge is 0.288 e. The summed E-state index contributed by atoms with van der Waals surface area (Å²) in [6.45, 7) is 1.94. The summed E-state index contributed by atoms with van der Waals surface area (Å²) in [6, 6.07) is 7.93. The van der Waals surface area contributed by atoms with Crippen LogP contribution in [-0.4, -0.2) is 13.0 Å². The van der Waals surface area contributed by atoms with E-state index < -0.39 is 0 Å². The maximum absolute atomic E-state index is 11.3. The Kier molecular flexibility index (Phi) is 2.00. The molecule has 1 N–H and O–H groups in total. The number of amides is 1. The van der Waals surface area contributed by atoms with Crippen molar-refractivity contribution in [1.82, 2.24) is 5.43 Å². The van der Waals surface area contributed by atoms with E-state index in [0.717, 1.165) is 16.8 Å². The number of para-hydroxylation sites is 1. The van der Waals surface area contributed by atoms with Crippen LogP contribution in [0, 0.1) is 0 Å². The highest BCUT2D eigenvalue weighted by Gasteiger charge is 2.14. The molecule has 3 heteroatoms. The third kappa shape index (κ3) is 1.37. The Morgan fingerprint density at radius 3 is 2.79 bits per heavy atom. The number of rotatable bonds is 0. The normalized spacial score (nSPS) is 15.4. The minimum absolute atomic E-state index is 0.0822. The van der Waals surface area contributed by atoms with E-state index >= 15 is 0 Å². The van der Waals surface area contributed by atoms with Gasteiger partial charge in [0.2, 0.25) is 0 Å². The van der Waals surface area contributed by atoms with Crippen LogP contribution in [0.25, 0.3) is 5.57 Å². The lowest BCUT2D eigenvalue weighted by atomic mass is 10.1. The van der Waals surface area contributed by atoms with Gasteiger partial charge >= 0.3 is 0 Å². The summed E-state index contributed by atoms with van der Waals surface area (Å²) in [5.41, 5.74) is 5.85. The predicted octanol–water partition coefficient (Wildman–Crippen LogP) is 1.57. The molecule has 0 spiro atoms. The van der Waals surface area contributed by atoms with Crippen LogP contribution in [-0.2, 0) is 4.79 Å². The Bertz CT molecular complexity index is 410. The molecule has 1 aliphatic heterocycles. The van der Waals surface area contributed by atoms with E-state index in [2.05, 4.69) is 5.43 Å². The van der Waals surface area contributed by atoms with Crippen molar-refractivity contribution in [2.75, 3.05) is 12.1 Å². The Hall–Kier alpha value is -1.77. The molecule has 0 unspecified atom stereocenters. The van der Waals surface area contributed by atoms with E-state index in [0.29, 0.717) is 0 Å². The summed E-state index contributed by atoms with van der Waals surface area (Å²) in [5, 5.41) is 1.74. The average Bonchev–Trinajstić information content (AvgIpc) is 2.26. The Labute approximate surface area is 83.0 Å². The molecular weight excluding hydrogens is 176 g/mol. The SMILES string of the molecule is CC1=CC(=O)NN(C)c2ccccc21. The summed E-state index contributed by atoms with van der Waals surface area (Å²) in [6.07, 6.45) is 1.61. The molecule has 1 aromatic carbocycles. The summed E-state index contributed by atoms with van der Waals surface area (Å²) in [7, 11) is 1.84. The van der Waals surface area contributed by atoms with Gasteiger partial charge in [-0.15, -0.1) is 0 Å². The van der Waals surface area contributed by atoms with Crippen molar-refractivity contribution in [2.24, 2.45) is 0 Å². The van der Waals surface area contributed by atoms with Gasteiger partial charge in [-0.1, -0.05) is 18.2 Å². The van der Waals surface area contributed by atoms with Crippen LogP contribution in [0.5, 0.6) is 0 Å². The predicted molar refractivity (Wildman–Crippen MR) is 56.6 cm³/mol. The highest BCUT2D eigenvalue weighted by molar-refractivity contribution is 5.99. The lowest BCUT2D eigenvalue weighted by molar-refractivity contribution is -0.116.